The summed E-state index contributed by atoms with van der Waals surface area (Å²) in [7, 11) is 1.62. The highest BCUT2D eigenvalue weighted by Gasteiger charge is 2.23. The molecule has 1 saturated heterocycles. The second-order valence-electron chi connectivity index (χ2n) is 4.07. The van der Waals surface area contributed by atoms with Crippen LogP contribution >= 0.6 is 11.6 Å². The van der Waals surface area contributed by atoms with Gasteiger partial charge in [-0.05, 0) is 19.3 Å². The van der Waals surface area contributed by atoms with Gasteiger partial charge in [-0.15, -0.1) is 11.6 Å². The number of methoxy groups -OCH3 is 1. The van der Waals surface area contributed by atoms with E-state index in [9.17, 15) is 0 Å². The fourth-order valence-corrected chi connectivity index (χ4v) is 2.21. The van der Waals surface area contributed by atoms with Crippen LogP contribution in [0.3, 0.4) is 0 Å². The number of anilines is 1. The van der Waals surface area contributed by atoms with Crippen LogP contribution in [0.15, 0.2) is 6.07 Å². The molecule has 1 aromatic heterocycles. The Balaban J connectivity index is 2.17. The zero-order chi connectivity index (χ0) is 11.5. The molecule has 0 N–H and O–H groups in total. The summed E-state index contributed by atoms with van der Waals surface area (Å²) >= 11 is 5.87. The van der Waals surface area contributed by atoms with E-state index < -0.39 is 0 Å². The van der Waals surface area contributed by atoms with Crippen molar-refractivity contribution >= 4 is 17.4 Å². The molecule has 16 heavy (non-hydrogen) atoms. The van der Waals surface area contributed by atoms with Crippen molar-refractivity contribution in [2.75, 3.05) is 31.0 Å². The molecule has 0 aliphatic carbocycles. The van der Waals surface area contributed by atoms with Gasteiger partial charge in [-0.2, -0.15) is 4.98 Å². The number of aryl methyl sites for hydroxylation is 1. The lowest BCUT2D eigenvalue weighted by Gasteiger charge is -2.17. The maximum atomic E-state index is 5.87. The average Bonchev–Trinajstić information content (AvgIpc) is 2.76. The third kappa shape index (κ3) is 2.38. The van der Waals surface area contributed by atoms with Crippen molar-refractivity contribution in [3.63, 3.8) is 0 Å². The molecule has 1 aliphatic rings. The number of halogens is 1. The van der Waals surface area contributed by atoms with Gasteiger partial charge < -0.3 is 9.64 Å². The summed E-state index contributed by atoms with van der Waals surface area (Å²) in [5.74, 6) is 3.60. The topological polar surface area (TPSA) is 38.2 Å². The molecule has 1 atom stereocenters. The lowest BCUT2D eigenvalue weighted by Crippen LogP contribution is -2.21. The van der Waals surface area contributed by atoms with E-state index in [1.807, 2.05) is 13.0 Å². The molecule has 2 heterocycles. The molecular formula is C11H16ClN3O. The Morgan fingerprint density at radius 2 is 2.38 bits per heavy atom. The SMILES string of the molecule is COc1cc(N2CCC(CCl)C2)nc(C)n1. The Bertz CT molecular complexity index is 372. The fraction of sp³-hybridized carbons (Fsp3) is 0.636. The lowest BCUT2D eigenvalue weighted by atomic mass is 10.2. The minimum atomic E-state index is 0.572. The van der Waals surface area contributed by atoms with E-state index in [1.54, 1.807) is 7.11 Å². The largest absolute Gasteiger partial charge is 0.481 e. The molecule has 88 valence electrons. The molecule has 4 nitrogen and oxygen atoms in total. The third-order valence-corrected chi connectivity index (χ3v) is 3.27. The normalized spacial score (nSPS) is 20.2. The van der Waals surface area contributed by atoms with Gasteiger partial charge in [-0.25, -0.2) is 4.98 Å². The predicted octanol–water partition coefficient (Wildman–Crippen LogP) is 1.86. The van der Waals surface area contributed by atoms with E-state index in [4.69, 9.17) is 16.3 Å². The first-order chi connectivity index (χ1) is 7.72. The monoisotopic (exact) mass is 241 g/mol. The lowest BCUT2D eigenvalue weighted by molar-refractivity contribution is 0.395. The van der Waals surface area contributed by atoms with E-state index >= 15 is 0 Å². The van der Waals surface area contributed by atoms with E-state index in [1.165, 1.54) is 0 Å². The summed E-state index contributed by atoms with van der Waals surface area (Å²) in [5, 5.41) is 0. The highest BCUT2D eigenvalue weighted by atomic mass is 35.5. The Hall–Kier alpha value is -1.03. The van der Waals surface area contributed by atoms with E-state index in [-0.39, 0.29) is 0 Å². The summed E-state index contributed by atoms with van der Waals surface area (Å²) in [6.45, 7) is 3.86. The van der Waals surface area contributed by atoms with Crippen LogP contribution in [0.5, 0.6) is 5.88 Å². The Labute approximate surface area is 101 Å². The standard InChI is InChI=1S/C11H16ClN3O/c1-8-13-10(5-11(14-8)16-2)15-4-3-9(6-12)7-15/h5,9H,3-4,6-7H2,1-2H3. The van der Waals surface area contributed by atoms with Crippen LogP contribution in [0.1, 0.15) is 12.2 Å². The van der Waals surface area contributed by atoms with Gasteiger partial charge in [-0.3, -0.25) is 0 Å². The molecule has 1 aromatic rings. The van der Waals surface area contributed by atoms with E-state index in [0.717, 1.165) is 37.0 Å². The zero-order valence-corrected chi connectivity index (χ0v) is 10.4. The van der Waals surface area contributed by atoms with Crippen molar-refractivity contribution in [1.29, 1.82) is 0 Å². The second kappa shape index (κ2) is 4.87. The van der Waals surface area contributed by atoms with Crippen LogP contribution in [0, 0.1) is 12.8 Å². The highest BCUT2D eigenvalue weighted by Crippen LogP contribution is 2.24. The number of aromatic nitrogens is 2. The summed E-state index contributed by atoms with van der Waals surface area (Å²) in [6, 6.07) is 1.88. The van der Waals surface area contributed by atoms with Crippen LogP contribution < -0.4 is 9.64 Å². The van der Waals surface area contributed by atoms with Gasteiger partial charge in [-0.1, -0.05) is 0 Å². The average molecular weight is 242 g/mol. The Kier molecular flexibility index (Phi) is 3.49. The quantitative estimate of drug-likeness (QED) is 0.758. The van der Waals surface area contributed by atoms with Crippen LogP contribution in [-0.2, 0) is 0 Å². The molecule has 1 fully saturated rings. The molecule has 0 bridgehead atoms. The summed E-state index contributed by atoms with van der Waals surface area (Å²) in [6.07, 6.45) is 1.13. The first-order valence-corrected chi connectivity index (χ1v) is 5.97. The van der Waals surface area contributed by atoms with Crippen molar-refractivity contribution in [2.45, 2.75) is 13.3 Å². The predicted molar refractivity (Wildman–Crippen MR) is 64.4 cm³/mol. The van der Waals surface area contributed by atoms with Crippen LogP contribution in [0.25, 0.3) is 0 Å². The number of hydrogen-bond acceptors (Lipinski definition) is 4. The molecule has 1 unspecified atom stereocenters. The van der Waals surface area contributed by atoms with Crippen LogP contribution in [0.4, 0.5) is 5.82 Å². The van der Waals surface area contributed by atoms with E-state index in [2.05, 4.69) is 14.9 Å². The zero-order valence-electron chi connectivity index (χ0n) is 9.61. The van der Waals surface area contributed by atoms with Crippen molar-refractivity contribution < 1.29 is 4.74 Å². The number of hydrogen-bond donors (Lipinski definition) is 0. The number of ether oxygens (including phenoxy) is 1. The summed E-state index contributed by atoms with van der Waals surface area (Å²) in [5.41, 5.74) is 0. The first kappa shape index (κ1) is 11.5. The van der Waals surface area contributed by atoms with Crippen molar-refractivity contribution in [1.82, 2.24) is 9.97 Å². The second-order valence-corrected chi connectivity index (χ2v) is 4.38. The smallest absolute Gasteiger partial charge is 0.218 e. The molecule has 2 rings (SSSR count). The maximum absolute atomic E-state index is 5.87. The third-order valence-electron chi connectivity index (χ3n) is 2.84. The summed E-state index contributed by atoms with van der Waals surface area (Å²) < 4.78 is 5.14. The first-order valence-electron chi connectivity index (χ1n) is 5.43. The number of rotatable bonds is 3. The maximum Gasteiger partial charge on any atom is 0.218 e. The fourth-order valence-electron chi connectivity index (χ4n) is 1.96. The van der Waals surface area contributed by atoms with Gasteiger partial charge in [0.2, 0.25) is 5.88 Å². The Morgan fingerprint density at radius 3 is 3.00 bits per heavy atom. The highest BCUT2D eigenvalue weighted by molar-refractivity contribution is 6.18. The molecule has 0 saturated carbocycles. The summed E-state index contributed by atoms with van der Waals surface area (Å²) in [4.78, 5) is 10.8. The molecule has 0 spiro atoms. The van der Waals surface area contributed by atoms with E-state index in [0.29, 0.717) is 11.8 Å². The molecule has 1 aliphatic heterocycles. The molecule has 5 heteroatoms. The van der Waals surface area contributed by atoms with Crippen molar-refractivity contribution in [2.24, 2.45) is 5.92 Å². The molecular weight excluding hydrogens is 226 g/mol. The van der Waals surface area contributed by atoms with Gasteiger partial charge in [0.1, 0.15) is 11.6 Å². The number of alkyl halides is 1. The Morgan fingerprint density at radius 1 is 1.56 bits per heavy atom. The van der Waals surface area contributed by atoms with Crippen LogP contribution in [0.2, 0.25) is 0 Å². The number of nitrogens with zero attached hydrogens (tertiary/aromatic N) is 3. The van der Waals surface area contributed by atoms with Gasteiger partial charge in [0, 0.05) is 25.0 Å². The minimum absolute atomic E-state index is 0.572. The molecule has 0 radical (unpaired) electrons. The van der Waals surface area contributed by atoms with Crippen molar-refractivity contribution in [3.05, 3.63) is 11.9 Å². The van der Waals surface area contributed by atoms with Gasteiger partial charge in [0.15, 0.2) is 0 Å². The van der Waals surface area contributed by atoms with Gasteiger partial charge >= 0.3 is 0 Å². The minimum Gasteiger partial charge on any atom is -0.481 e. The molecule has 0 amide bonds. The van der Waals surface area contributed by atoms with Crippen molar-refractivity contribution in [3.8, 4) is 5.88 Å². The van der Waals surface area contributed by atoms with Gasteiger partial charge in [0.05, 0.1) is 7.11 Å². The molecule has 0 aromatic carbocycles. The van der Waals surface area contributed by atoms with Gasteiger partial charge in [0.25, 0.3) is 0 Å². The van der Waals surface area contributed by atoms with Crippen LogP contribution in [-0.4, -0.2) is 36.0 Å².